The van der Waals surface area contributed by atoms with Gasteiger partial charge in [0.1, 0.15) is 0 Å². The molecule has 1 fully saturated rings. The van der Waals surface area contributed by atoms with E-state index in [1.165, 1.54) is 0 Å². The van der Waals surface area contributed by atoms with Gasteiger partial charge in [-0.25, -0.2) is 0 Å². The lowest BCUT2D eigenvalue weighted by molar-refractivity contribution is -0.133. The van der Waals surface area contributed by atoms with Crippen LogP contribution in [-0.4, -0.2) is 42.8 Å². The van der Waals surface area contributed by atoms with E-state index in [1.54, 1.807) is 0 Å². The van der Waals surface area contributed by atoms with Crippen molar-refractivity contribution in [2.45, 2.75) is 57.8 Å². The third-order valence-electron chi connectivity index (χ3n) is 3.59. The van der Waals surface area contributed by atoms with Crippen LogP contribution >= 0.6 is 0 Å². The molecule has 0 radical (unpaired) electrons. The molecule has 0 saturated carbocycles. The lowest BCUT2D eigenvalue weighted by Crippen LogP contribution is -2.46. The van der Waals surface area contributed by atoms with Gasteiger partial charge in [-0.3, -0.25) is 0 Å². The van der Waals surface area contributed by atoms with Crippen LogP contribution in [0.3, 0.4) is 0 Å². The van der Waals surface area contributed by atoms with E-state index in [1.807, 2.05) is 0 Å². The van der Waals surface area contributed by atoms with Crippen molar-refractivity contribution >= 4 is 0 Å². The molecule has 1 aliphatic heterocycles. The van der Waals surface area contributed by atoms with Crippen LogP contribution < -0.4 is 5.32 Å². The van der Waals surface area contributed by atoms with Crippen molar-refractivity contribution < 1.29 is 13.2 Å². The fourth-order valence-electron chi connectivity index (χ4n) is 2.22. The molecule has 17 heavy (non-hydrogen) atoms. The highest BCUT2D eigenvalue weighted by Gasteiger charge is 2.27. The maximum Gasteiger partial charge on any atom is 0.390 e. The lowest BCUT2D eigenvalue weighted by Gasteiger charge is -2.36. The Morgan fingerprint density at radius 1 is 1.29 bits per heavy atom. The van der Waals surface area contributed by atoms with Gasteiger partial charge in [-0.2, -0.15) is 13.2 Å². The third kappa shape index (κ3) is 5.73. The number of nitrogens with one attached hydrogen (secondary N) is 1. The zero-order valence-electron chi connectivity index (χ0n) is 10.7. The van der Waals surface area contributed by atoms with Crippen LogP contribution in [0, 0.1) is 0 Å². The van der Waals surface area contributed by atoms with E-state index >= 15 is 0 Å². The molecule has 0 aromatic rings. The molecule has 5 heteroatoms. The van der Waals surface area contributed by atoms with Crippen molar-refractivity contribution in [3.63, 3.8) is 0 Å². The average Bonchev–Trinajstić information content (AvgIpc) is 2.27. The van der Waals surface area contributed by atoms with Gasteiger partial charge in [-0.05, 0) is 39.3 Å². The largest absolute Gasteiger partial charge is 0.390 e. The van der Waals surface area contributed by atoms with Crippen molar-refractivity contribution in [3.05, 3.63) is 0 Å². The Kier molecular flexibility index (Phi) is 5.73. The molecule has 0 aromatic carbocycles. The molecular weight excluding hydrogens is 229 g/mol. The Bertz CT molecular complexity index is 210. The highest BCUT2D eigenvalue weighted by Crippen LogP contribution is 2.19. The van der Waals surface area contributed by atoms with Crippen LogP contribution in [0.1, 0.15) is 39.5 Å². The molecule has 1 aliphatic rings. The number of piperidine rings is 1. The highest BCUT2D eigenvalue weighted by atomic mass is 19.4. The third-order valence-corrected chi connectivity index (χ3v) is 3.59. The summed E-state index contributed by atoms with van der Waals surface area (Å²) in [6, 6.07) is 0.851. The monoisotopic (exact) mass is 252 g/mol. The predicted octanol–water partition coefficient (Wildman–Crippen LogP) is 2.79. The average molecular weight is 252 g/mol. The van der Waals surface area contributed by atoms with E-state index in [-0.39, 0.29) is 12.6 Å². The summed E-state index contributed by atoms with van der Waals surface area (Å²) in [5.41, 5.74) is 0. The molecule has 0 spiro atoms. The number of nitrogens with zero attached hydrogens (tertiary/aromatic N) is 1. The van der Waals surface area contributed by atoms with Crippen LogP contribution in [0.4, 0.5) is 13.2 Å². The second-order valence-electron chi connectivity index (χ2n) is 4.89. The van der Waals surface area contributed by atoms with Gasteiger partial charge in [-0.15, -0.1) is 0 Å². The van der Waals surface area contributed by atoms with Gasteiger partial charge >= 0.3 is 6.18 Å². The molecule has 1 unspecified atom stereocenters. The summed E-state index contributed by atoms with van der Waals surface area (Å²) in [6.45, 7) is 6.42. The van der Waals surface area contributed by atoms with Gasteiger partial charge < -0.3 is 10.2 Å². The zero-order valence-corrected chi connectivity index (χ0v) is 10.7. The standard InChI is InChI=1S/C12H23F3N2/c1-3-10(2)17-8-4-11(5-9-17)16-7-6-12(13,14)15/h10-11,16H,3-9H2,1-2H3. The Labute approximate surface area is 102 Å². The van der Waals surface area contributed by atoms with Gasteiger partial charge in [0.05, 0.1) is 6.42 Å². The van der Waals surface area contributed by atoms with Gasteiger partial charge in [0.25, 0.3) is 0 Å². The van der Waals surface area contributed by atoms with Crippen LogP contribution in [0.5, 0.6) is 0 Å². The first-order valence-corrected chi connectivity index (χ1v) is 6.46. The van der Waals surface area contributed by atoms with Crippen molar-refractivity contribution in [2.24, 2.45) is 0 Å². The van der Waals surface area contributed by atoms with Gasteiger partial charge in [0, 0.05) is 18.6 Å². The zero-order chi connectivity index (χ0) is 12.9. The molecule has 1 atom stereocenters. The smallest absolute Gasteiger partial charge is 0.314 e. The number of hydrogen-bond donors (Lipinski definition) is 1. The van der Waals surface area contributed by atoms with Gasteiger partial charge in [0.15, 0.2) is 0 Å². The molecule has 0 bridgehead atoms. The maximum atomic E-state index is 12.0. The molecule has 1 heterocycles. The van der Waals surface area contributed by atoms with Crippen molar-refractivity contribution in [3.8, 4) is 0 Å². The van der Waals surface area contributed by atoms with E-state index in [0.717, 1.165) is 32.4 Å². The van der Waals surface area contributed by atoms with Crippen molar-refractivity contribution in [2.75, 3.05) is 19.6 Å². The second-order valence-corrected chi connectivity index (χ2v) is 4.89. The molecule has 0 aromatic heterocycles. The summed E-state index contributed by atoms with van der Waals surface area (Å²) < 4.78 is 35.9. The number of alkyl halides is 3. The molecule has 1 N–H and O–H groups in total. The van der Waals surface area contributed by atoms with E-state index in [2.05, 4.69) is 24.1 Å². The molecule has 2 nitrogen and oxygen atoms in total. The van der Waals surface area contributed by atoms with Crippen LogP contribution in [0.15, 0.2) is 0 Å². The predicted molar refractivity (Wildman–Crippen MR) is 63.0 cm³/mol. The summed E-state index contributed by atoms with van der Waals surface area (Å²) >= 11 is 0. The molecule has 0 aliphatic carbocycles. The first kappa shape index (κ1) is 14.8. The molecule has 102 valence electrons. The van der Waals surface area contributed by atoms with Crippen molar-refractivity contribution in [1.82, 2.24) is 10.2 Å². The maximum absolute atomic E-state index is 12.0. The minimum Gasteiger partial charge on any atom is -0.314 e. The Balaban J connectivity index is 2.15. The Morgan fingerprint density at radius 3 is 2.35 bits per heavy atom. The Morgan fingerprint density at radius 2 is 1.88 bits per heavy atom. The number of halogens is 3. The fourth-order valence-corrected chi connectivity index (χ4v) is 2.22. The first-order valence-electron chi connectivity index (χ1n) is 6.46. The summed E-state index contributed by atoms with van der Waals surface area (Å²) in [6.07, 6.45) is -1.71. The van der Waals surface area contributed by atoms with E-state index in [0.29, 0.717) is 6.04 Å². The summed E-state index contributed by atoms with van der Waals surface area (Å²) in [5.74, 6) is 0. The van der Waals surface area contributed by atoms with Crippen LogP contribution in [-0.2, 0) is 0 Å². The molecule has 1 saturated heterocycles. The molecule has 0 amide bonds. The number of likely N-dealkylation sites (tertiary alicyclic amines) is 1. The van der Waals surface area contributed by atoms with E-state index < -0.39 is 12.6 Å². The van der Waals surface area contributed by atoms with E-state index in [4.69, 9.17) is 0 Å². The summed E-state index contributed by atoms with van der Waals surface area (Å²) in [7, 11) is 0. The Hall–Kier alpha value is -0.290. The number of rotatable bonds is 5. The quantitative estimate of drug-likeness (QED) is 0.809. The van der Waals surface area contributed by atoms with Gasteiger partial charge in [-0.1, -0.05) is 6.92 Å². The molecular formula is C12H23F3N2. The minimum atomic E-state index is -4.04. The van der Waals surface area contributed by atoms with Crippen LogP contribution in [0.2, 0.25) is 0 Å². The fraction of sp³-hybridized carbons (Fsp3) is 1.00. The normalized spacial score (nSPS) is 21.7. The molecule has 1 rings (SSSR count). The summed E-state index contributed by atoms with van der Waals surface area (Å²) in [5, 5.41) is 3.01. The highest BCUT2D eigenvalue weighted by molar-refractivity contribution is 4.79. The van der Waals surface area contributed by atoms with Crippen molar-refractivity contribution in [1.29, 1.82) is 0 Å². The van der Waals surface area contributed by atoms with E-state index in [9.17, 15) is 13.2 Å². The SMILES string of the molecule is CCC(C)N1CCC(NCCC(F)(F)F)CC1. The number of hydrogen-bond acceptors (Lipinski definition) is 2. The second kappa shape index (κ2) is 6.59. The minimum absolute atomic E-state index is 0.0531. The van der Waals surface area contributed by atoms with Gasteiger partial charge in [0.2, 0.25) is 0 Å². The summed E-state index contributed by atoms with van der Waals surface area (Å²) in [4.78, 5) is 2.42. The van der Waals surface area contributed by atoms with Crippen LogP contribution in [0.25, 0.3) is 0 Å². The topological polar surface area (TPSA) is 15.3 Å². The first-order chi connectivity index (χ1) is 7.92. The lowest BCUT2D eigenvalue weighted by atomic mass is 10.0.